The monoisotopic (exact) mass is 293 g/mol. The van der Waals surface area contributed by atoms with Gasteiger partial charge in [0.05, 0.1) is 12.8 Å². The van der Waals surface area contributed by atoms with Gasteiger partial charge in [0.1, 0.15) is 25.1 Å². The third kappa shape index (κ3) is 5.52. The van der Waals surface area contributed by atoms with Crippen molar-refractivity contribution in [3.63, 3.8) is 0 Å². The molecule has 0 aliphatic rings. The summed E-state index contributed by atoms with van der Waals surface area (Å²) in [6.45, 7) is 3.73. The molecular formula is C14H19N3O4. The van der Waals surface area contributed by atoms with Gasteiger partial charge in [-0.15, -0.1) is 0 Å². The normalized spacial score (nSPS) is 11.8. The smallest absolute Gasteiger partial charge is 0.411 e. The van der Waals surface area contributed by atoms with E-state index in [1.165, 1.54) is 14.2 Å². The second-order valence-corrected chi connectivity index (χ2v) is 4.08. The summed E-state index contributed by atoms with van der Waals surface area (Å²) in [6, 6.07) is 7.23. The molecule has 0 aliphatic carbocycles. The molecule has 114 valence electrons. The number of amides is 1. The highest BCUT2D eigenvalue weighted by atomic mass is 16.6. The molecule has 1 aromatic rings. The van der Waals surface area contributed by atoms with Crippen molar-refractivity contribution in [2.75, 3.05) is 19.5 Å². The van der Waals surface area contributed by atoms with Crippen LogP contribution in [0.25, 0.3) is 0 Å². The molecule has 0 atom stereocenters. The van der Waals surface area contributed by atoms with Crippen molar-refractivity contribution in [3.05, 3.63) is 29.8 Å². The first-order valence-corrected chi connectivity index (χ1v) is 6.26. The molecule has 0 heterocycles. The predicted molar refractivity (Wildman–Crippen MR) is 80.5 cm³/mol. The largest absolute Gasteiger partial charge is 0.453 e. The van der Waals surface area contributed by atoms with E-state index >= 15 is 0 Å². The predicted octanol–water partition coefficient (Wildman–Crippen LogP) is 2.78. The molecule has 7 nitrogen and oxygen atoms in total. The lowest BCUT2D eigenvalue weighted by Gasteiger charge is -2.09. The highest BCUT2D eigenvalue weighted by Crippen LogP contribution is 2.16. The van der Waals surface area contributed by atoms with Crippen molar-refractivity contribution >= 4 is 23.2 Å². The van der Waals surface area contributed by atoms with E-state index in [9.17, 15) is 4.79 Å². The number of benzene rings is 1. The quantitative estimate of drug-likeness (QED) is 0.646. The van der Waals surface area contributed by atoms with Crippen LogP contribution in [0.5, 0.6) is 0 Å². The van der Waals surface area contributed by atoms with E-state index in [0.29, 0.717) is 17.1 Å². The maximum atomic E-state index is 11.2. The molecule has 0 unspecified atom stereocenters. The highest BCUT2D eigenvalue weighted by Gasteiger charge is 2.06. The summed E-state index contributed by atoms with van der Waals surface area (Å²) in [5.74, 6) is 0. The van der Waals surface area contributed by atoms with Crippen molar-refractivity contribution in [1.82, 2.24) is 0 Å². The summed E-state index contributed by atoms with van der Waals surface area (Å²) in [4.78, 5) is 21.2. The van der Waals surface area contributed by atoms with Crippen molar-refractivity contribution in [1.29, 1.82) is 0 Å². The summed E-state index contributed by atoms with van der Waals surface area (Å²) < 4.78 is 4.56. The number of oxime groups is 2. The Morgan fingerprint density at radius 3 is 2.48 bits per heavy atom. The zero-order chi connectivity index (χ0) is 15.7. The van der Waals surface area contributed by atoms with Gasteiger partial charge in [0.2, 0.25) is 0 Å². The SMILES string of the molecule is CO/N=C(C)/C(C)=N/OCc1ccccc1NC(=O)OC. The minimum atomic E-state index is -0.537. The van der Waals surface area contributed by atoms with E-state index in [1.54, 1.807) is 26.0 Å². The maximum absolute atomic E-state index is 11.2. The number of anilines is 1. The standard InChI is InChI=1S/C14H19N3O4/c1-10(16-20-4)11(2)17-21-9-12-7-5-6-8-13(12)15-14(18)19-3/h5-8H,9H2,1-4H3,(H,15,18)/b16-10+,17-11+. The molecular weight excluding hydrogens is 274 g/mol. The van der Waals surface area contributed by atoms with E-state index in [0.717, 1.165) is 5.56 Å². The molecule has 0 saturated carbocycles. The topological polar surface area (TPSA) is 81.5 Å². The first-order valence-electron chi connectivity index (χ1n) is 6.26. The summed E-state index contributed by atoms with van der Waals surface area (Å²) in [6.07, 6.45) is -0.537. The van der Waals surface area contributed by atoms with Crippen LogP contribution in [-0.2, 0) is 21.0 Å². The number of hydrogen-bond acceptors (Lipinski definition) is 6. The Hall–Kier alpha value is -2.57. The lowest BCUT2D eigenvalue weighted by Crippen LogP contribution is -2.12. The fraction of sp³-hybridized carbons (Fsp3) is 0.357. The fourth-order valence-corrected chi connectivity index (χ4v) is 1.40. The molecule has 7 heteroatoms. The van der Waals surface area contributed by atoms with Crippen molar-refractivity contribution < 1.29 is 19.2 Å². The molecule has 0 aliphatic heterocycles. The van der Waals surface area contributed by atoms with E-state index in [-0.39, 0.29) is 6.61 Å². The number of hydrogen-bond donors (Lipinski definition) is 1. The average molecular weight is 293 g/mol. The number of nitrogens with one attached hydrogen (secondary N) is 1. The second kappa shape index (κ2) is 8.57. The Morgan fingerprint density at radius 1 is 1.14 bits per heavy atom. The first-order chi connectivity index (χ1) is 10.1. The van der Waals surface area contributed by atoms with Gasteiger partial charge in [0.25, 0.3) is 0 Å². The van der Waals surface area contributed by atoms with Gasteiger partial charge in [0.15, 0.2) is 0 Å². The van der Waals surface area contributed by atoms with Crippen LogP contribution in [0.2, 0.25) is 0 Å². The van der Waals surface area contributed by atoms with Crippen molar-refractivity contribution in [2.45, 2.75) is 20.5 Å². The number of methoxy groups -OCH3 is 1. The maximum Gasteiger partial charge on any atom is 0.411 e. The van der Waals surface area contributed by atoms with Gasteiger partial charge in [-0.2, -0.15) is 0 Å². The van der Waals surface area contributed by atoms with E-state index in [1.807, 2.05) is 12.1 Å². The summed E-state index contributed by atoms with van der Waals surface area (Å²) >= 11 is 0. The number of carbonyl (C=O) groups excluding carboxylic acids is 1. The van der Waals surface area contributed by atoms with Crippen LogP contribution in [0.3, 0.4) is 0 Å². The van der Waals surface area contributed by atoms with Crippen LogP contribution in [-0.4, -0.2) is 31.7 Å². The highest BCUT2D eigenvalue weighted by molar-refractivity contribution is 6.40. The summed E-state index contributed by atoms with van der Waals surface area (Å²) in [7, 11) is 2.77. The van der Waals surface area contributed by atoms with Crippen LogP contribution in [0, 0.1) is 0 Å². The van der Waals surface area contributed by atoms with E-state index < -0.39 is 6.09 Å². The molecule has 21 heavy (non-hydrogen) atoms. The molecule has 0 spiro atoms. The molecule has 0 saturated heterocycles. The van der Waals surface area contributed by atoms with Gasteiger partial charge >= 0.3 is 6.09 Å². The molecule has 0 aromatic heterocycles. The number of nitrogens with zero attached hydrogens (tertiary/aromatic N) is 2. The van der Waals surface area contributed by atoms with Crippen LogP contribution in [0.15, 0.2) is 34.6 Å². The lowest BCUT2D eigenvalue weighted by molar-refractivity contribution is 0.131. The zero-order valence-electron chi connectivity index (χ0n) is 12.5. The lowest BCUT2D eigenvalue weighted by atomic mass is 10.2. The Kier molecular flexibility index (Phi) is 6.73. The molecule has 0 radical (unpaired) electrons. The first kappa shape index (κ1) is 16.5. The third-order valence-corrected chi connectivity index (χ3v) is 2.61. The Labute approximate surface area is 123 Å². The van der Waals surface area contributed by atoms with Gasteiger partial charge in [-0.25, -0.2) is 4.79 Å². The van der Waals surface area contributed by atoms with Crippen molar-refractivity contribution in [2.24, 2.45) is 10.3 Å². The second-order valence-electron chi connectivity index (χ2n) is 4.08. The molecule has 1 rings (SSSR count). The van der Waals surface area contributed by atoms with Gasteiger partial charge in [0, 0.05) is 5.56 Å². The Morgan fingerprint density at radius 2 is 1.81 bits per heavy atom. The zero-order valence-corrected chi connectivity index (χ0v) is 12.5. The van der Waals surface area contributed by atoms with Crippen LogP contribution in [0.1, 0.15) is 19.4 Å². The van der Waals surface area contributed by atoms with Crippen LogP contribution in [0.4, 0.5) is 10.5 Å². The minimum Gasteiger partial charge on any atom is -0.453 e. The van der Waals surface area contributed by atoms with Gasteiger partial charge in [-0.05, 0) is 19.9 Å². The number of carbonyl (C=O) groups is 1. The van der Waals surface area contributed by atoms with Crippen LogP contribution >= 0.6 is 0 Å². The summed E-state index contributed by atoms with van der Waals surface area (Å²) in [5, 5.41) is 10.3. The summed E-state index contributed by atoms with van der Waals surface area (Å²) in [5.41, 5.74) is 2.62. The van der Waals surface area contributed by atoms with Crippen LogP contribution < -0.4 is 5.32 Å². The van der Waals surface area contributed by atoms with Gasteiger partial charge < -0.3 is 14.4 Å². The van der Waals surface area contributed by atoms with E-state index in [2.05, 4.69) is 25.2 Å². The van der Waals surface area contributed by atoms with Gasteiger partial charge in [-0.1, -0.05) is 28.5 Å². The Balaban J connectivity index is 2.69. The Bertz CT molecular complexity index is 541. The minimum absolute atomic E-state index is 0.206. The number of para-hydroxylation sites is 1. The molecule has 1 amide bonds. The molecule has 1 N–H and O–H groups in total. The molecule has 1 aromatic carbocycles. The average Bonchev–Trinajstić information content (AvgIpc) is 2.48. The number of rotatable bonds is 6. The molecule has 0 bridgehead atoms. The molecule has 0 fully saturated rings. The number of ether oxygens (including phenoxy) is 1. The fourth-order valence-electron chi connectivity index (χ4n) is 1.40. The van der Waals surface area contributed by atoms with Gasteiger partial charge in [-0.3, -0.25) is 5.32 Å². The third-order valence-electron chi connectivity index (χ3n) is 2.61. The van der Waals surface area contributed by atoms with Crippen molar-refractivity contribution in [3.8, 4) is 0 Å². The van der Waals surface area contributed by atoms with E-state index in [4.69, 9.17) is 4.84 Å².